The third-order valence-electron chi connectivity index (χ3n) is 2.41. The quantitative estimate of drug-likeness (QED) is 0.658. The minimum Gasteiger partial charge on any atom is -0.481 e. The number of carboxylic acids is 1. The van der Waals surface area contributed by atoms with Gasteiger partial charge in [0.1, 0.15) is 0 Å². The van der Waals surface area contributed by atoms with Crippen molar-refractivity contribution in [1.29, 1.82) is 0 Å². The number of unbranched alkanes of at least 4 members (excludes halogenated alkanes) is 4. The zero-order chi connectivity index (χ0) is 13.0. The maximum absolute atomic E-state index is 10.0. The van der Waals surface area contributed by atoms with Crippen LogP contribution in [0.15, 0.2) is 0 Å². The summed E-state index contributed by atoms with van der Waals surface area (Å²) in [5.41, 5.74) is 5.58. The fourth-order valence-electron chi connectivity index (χ4n) is 0.880. The Labute approximate surface area is 100 Å². The molecule has 0 aliphatic rings. The van der Waals surface area contributed by atoms with Crippen LogP contribution in [-0.2, 0) is 4.79 Å². The molecule has 98 valence electrons. The van der Waals surface area contributed by atoms with E-state index in [9.17, 15) is 4.79 Å². The molecule has 0 rings (SSSR count). The van der Waals surface area contributed by atoms with Gasteiger partial charge in [0.15, 0.2) is 0 Å². The van der Waals surface area contributed by atoms with E-state index in [0.717, 1.165) is 19.3 Å². The average molecular weight is 231 g/mol. The number of hydrogen-bond acceptors (Lipinski definition) is 2. The summed E-state index contributed by atoms with van der Waals surface area (Å²) in [4.78, 5) is 10.0. The fraction of sp³-hybridized carbons (Fsp3) is 0.923. The monoisotopic (exact) mass is 231 g/mol. The Morgan fingerprint density at radius 1 is 1.12 bits per heavy atom. The number of rotatable bonds is 7. The summed E-state index contributed by atoms with van der Waals surface area (Å²) in [7, 11) is 0. The van der Waals surface area contributed by atoms with E-state index in [0.29, 0.717) is 6.42 Å². The highest BCUT2D eigenvalue weighted by Crippen LogP contribution is 2.04. The normalized spacial score (nSPS) is 10.6. The summed E-state index contributed by atoms with van der Waals surface area (Å²) in [6.45, 7) is 8.27. The summed E-state index contributed by atoms with van der Waals surface area (Å²) in [6.07, 6.45) is 6.93. The van der Waals surface area contributed by atoms with Crippen LogP contribution in [0.2, 0.25) is 0 Å². The SMILES string of the molecule is CCC(C)(C)N.CCCCCCCC(=O)O. The maximum atomic E-state index is 10.0. The largest absolute Gasteiger partial charge is 0.481 e. The molecular formula is C13H29NO2. The van der Waals surface area contributed by atoms with Gasteiger partial charge in [-0.2, -0.15) is 0 Å². The molecule has 0 aromatic carbocycles. The molecule has 0 heterocycles. The van der Waals surface area contributed by atoms with E-state index in [-0.39, 0.29) is 5.54 Å². The molecule has 0 radical (unpaired) electrons. The fourth-order valence-corrected chi connectivity index (χ4v) is 0.880. The van der Waals surface area contributed by atoms with Crippen LogP contribution in [0.25, 0.3) is 0 Å². The molecule has 0 saturated carbocycles. The van der Waals surface area contributed by atoms with Gasteiger partial charge in [0.05, 0.1) is 0 Å². The van der Waals surface area contributed by atoms with Crippen molar-refractivity contribution in [1.82, 2.24) is 0 Å². The predicted molar refractivity (Wildman–Crippen MR) is 69.6 cm³/mol. The minimum absolute atomic E-state index is 0.0417. The van der Waals surface area contributed by atoms with E-state index < -0.39 is 5.97 Å². The topological polar surface area (TPSA) is 63.3 Å². The van der Waals surface area contributed by atoms with E-state index in [1.54, 1.807) is 0 Å². The van der Waals surface area contributed by atoms with Gasteiger partial charge in [0.2, 0.25) is 0 Å². The van der Waals surface area contributed by atoms with Crippen LogP contribution in [0.4, 0.5) is 0 Å². The Kier molecular flexibility index (Phi) is 12.2. The summed E-state index contributed by atoms with van der Waals surface area (Å²) < 4.78 is 0. The lowest BCUT2D eigenvalue weighted by atomic mass is 10.1. The first-order chi connectivity index (χ1) is 7.33. The number of nitrogens with two attached hydrogens (primary N) is 1. The van der Waals surface area contributed by atoms with Gasteiger partial charge in [-0.1, -0.05) is 39.5 Å². The Hall–Kier alpha value is -0.570. The molecule has 0 aromatic heterocycles. The summed E-state index contributed by atoms with van der Waals surface area (Å²) in [5.74, 6) is -0.670. The van der Waals surface area contributed by atoms with Crippen molar-refractivity contribution in [3.05, 3.63) is 0 Å². The molecule has 0 aromatic rings. The van der Waals surface area contributed by atoms with E-state index in [1.165, 1.54) is 19.3 Å². The second kappa shape index (κ2) is 10.9. The first-order valence-electron chi connectivity index (χ1n) is 6.34. The zero-order valence-electron chi connectivity index (χ0n) is 11.4. The molecule has 0 spiro atoms. The van der Waals surface area contributed by atoms with Crippen molar-refractivity contribution in [2.24, 2.45) is 5.73 Å². The van der Waals surface area contributed by atoms with E-state index in [1.807, 2.05) is 13.8 Å². The lowest BCUT2D eigenvalue weighted by Gasteiger charge is -2.13. The minimum atomic E-state index is -0.670. The Balaban J connectivity index is 0. The van der Waals surface area contributed by atoms with Gasteiger partial charge in [0.25, 0.3) is 0 Å². The predicted octanol–water partition coefficient (Wildman–Crippen LogP) is 3.57. The molecule has 16 heavy (non-hydrogen) atoms. The van der Waals surface area contributed by atoms with Gasteiger partial charge in [-0.3, -0.25) is 4.79 Å². The van der Waals surface area contributed by atoms with Crippen LogP contribution in [0, 0.1) is 0 Å². The first kappa shape index (κ1) is 17.8. The molecule has 3 N–H and O–H groups in total. The van der Waals surface area contributed by atoms with Gasteiger partial charge >= 0.3 is 5.97 Å². The standard InChI is InChI=1S/C8H16O2.C5H13N/c1-2-3-4-5-6-7-8(9)10;1-4-5(2,3)6/h2-7H2,1H3,(H,9,10);4,6H2,1-3H3. The van der Waals surface area contributed by atoms with Crippen LogP contribution in [0.5, 0.6) is 0 Å². The third kappa shape index (κ3) is 23.3. The lowest BCUT2D eigenvalue weighted by molar-refractivity contribution is -0.137. The first-order valence-corrected chi connectivity index (χ1v) is 6.34. The van der Waals surface area contributed by atoms with Crippen LogP contribution in [0.1, 0.15) is 72.6 Å². The molecule has 0 aliphatic heterocycles. The smallest absolute Gasteiger partial charge is 0.303 e. The molecule has 0 bridgehead atoms. The van der Waals surface area contributed by atoms with Crippen LogP contribution >= 0.6 is 0 Å². The molecule has 3 heteroatoms. The van der Waals surface area contributed by atoms with Crippen molar-refractivity contribution in [3.63, 3.8) is 0 Å². The molecule has 0 amide bonds. The summed E-state index contributed by atoms with van der Waals surface area (Å²) >= 11 is 0. The maximum Gasteiger partial charge on any atom is 0.303 e. The van der Waals surface area contributed by atoms with Crippen molar-refractivity contribution in [2.45, 2.75) is 78.2 Å². The average Bonchev–Trinajstić information content (AvgIpc) is 2.17. The van der Waals surface area contributed by atoms with E-state index in [2.05, 4.69) is 13.8 Å². The summed E-state index contributed by atoms with van der Waals surface area (Å²) in [5, 5.41) is 8.27. The van der Waals surface area contributed by atoms with Gasteiger partial charge in [-0.05, 0) is 26.7 Å². The van der Waals surface area contributed by atoms with Gasteiger partial charge in [0, 0.05) is 12.0 Å². The van der Waals surface area contributed by atoms with Gasteiger partial charge < -0.3 is 10.8 Å². The Morgan fingerprint density at radius 2 is 1.56 bits per heavy atom. The van der Waals surface area contributed by atoms with Gasteiger partial charge in [-0.25, -0.2) is 0 Å². The van der Waals surface area contributed by atoms with E-state index >= 15 is 0 Å². The zero-order valence-corrected chi connectivity index (χ0v) is 11.4. The number of carboxylic acid groups (broad SMARTS) is 1. The summed E-state index contributed by atoms with van der Waals surface area (Å²) in [6, 6.07) is 0. The van der Waals surface area contributed by atoms with Gasteiger partial charge in [-0.15, -0.1) is 0 Å². The molecular weight excluding hydrogens is 202 g/mol. The highest BCUT2D eigenvalue weighted by Gasteiger charge is 2.03. The molecule has 3 nitrogen and oxygen atoms in total. The van der Waals surface area contributed by atoms with Crippen molar-refractivity contribution < 1.29 is 9.90 Å². The molecule has 0 unspecified atom stereocenters. The van der Waals surface area contributed by atoms with Crippen molar-refractivity contribution >= 4 is 5.97 Å². The van der Waals surface area contributed by atoms with Crippen LogP contribution < -0.4 is 5.73 Å². The van der Waals surface area contributed by atoms with E-state index in [4.69, 9.17) is 10.8 Å². The second-order valence-electron chi connectivity index (χ2n) is 4.90. The van der Waals surface area contributed by atoms with Crippen LogP contribution in [0.3, 0.4) is 0 Å². The molecule has 0 aliphatic carbocycles. The molecule has 0 saturated heterocycles. The lowest BCUT2D eigenvalue weighted by Crippen LogP contribution is -2.30. The number of aliphatic carboxylic acids is 1. The second-order valence-corrected chi connectivity index (χ2v) is 4.90. The Bertz CT molecular complexity index is 162. The van der Waals surface area contributed by atoms with Crippen molar-refractivity contribution in [2.75, 3.05) is 0 Å². The molecule has 0 fully saturated rings. The van der Waals surface area contributed by atoms with Crippen molar-refractivity contribution in [3.8, 4) is 0 Å². The highest BCUT2D eigenvalue weighted by atomic mass is 16.4. The third-order valence-corrected chi connectivity index (χ3v) is 2.41. The number of hydrogen-bond donors (Lipinski definition) is 2. The van der Waals surface area contributed by atoms with Crippen LogP contribution in [-0.4, -0.2) is 16.6 Å². The number of carbonyl (C=O) groups is 1. The molecule has 0 atom stereocenters. The Morgan fingerprint density at radius 3 is 1.88 bits per heavy atom. The highest BCUT2D eigenvalue weighted by molar-refractivity contribution is 5.66.